The third-order valence-corrected chi connectivity index (χ3v) is 4.07. The van der Waals surface area contributed by atoms with Crippen LogP contribution in [0.15, 0.2) is 41.6 Å². The van der Waals surface area contributed by atoms with Gasteiger partial charge in [0.1, 0.15) is 18.6 Å². The van der Waals surface area contributed by atoms with E-state index in [4.69, 9.17) is 16.3 Å². The lowest BCUT2D eigenvalue weighted by Gasteiger charge is -2.13. The maximum Gasteiger partial charge on any atom is 0.263 e. The van der Waals surface area contributed by atoms with E-state index in [0.717, 1.165) is 5.56 Å². The Morgan fingerprint density at radius 3 is 2.92 bits per heavy atom. The van der Waals surface area contributed by atoms with E-state index in [2.05, 4.69) is 15.3 Å². The summed E-state index contributed by atoms with van der Waals surface area (Å²) in [6.07, 6.45) is 2.86. The van der Waals surface area contributed by atoms with Gasteiger partial charge in [0, 0.05) is 17.3 Å². The molecule has 2 aromatic heterocycles. The monoisotopic (exact) mass is 358 g/mol. The molecule has 0 bridgehead atoms. The van der Waals surface area contributed by atoms with Gasteiger partial charge in [-0.3, -0.25) is 14.2 Å². The minimum Gasteiger partial charge on any atom is -0.495 e. The third-order valence-electron chi connectivity index (χ3n) is 3.67. The summed E-state index contributed by atoms with van der Waals surface area (Å²) >= 11 is 6.05. The van der Waals surface area contributed by atoms with Crippen LogP contribution in [0.4, 0.5) is 5.69 Å². The van der Waals surface area contributed by atoms with Gasteiger partial charge < -0.3 is 10.1 Å². The number of anilines is 1. The van der Waals surface area contributed by atoms with Gasteiger partial charge in [0.25, 0.3) is 5.56 Å². The molecule has 0 spiro atoms. The molecule has 0 aliphatic rings. The zero-order valence-electron chi connectivity index (χ0n) is 13.6. The molecule has 1 N–H and O–H groups in total. The normalized spacial score (nSPS) is 10.7. The van der Waals surface area contributed by atoms with E-state index in [1.165, 1.54) is 18.0 Å². The van der Waals surface area contributed by atoms with Crippen LogP contribution in [0.25, 0.3) is 11.0 Å². The number of nitrogens with one attached hydrogen (secondary N) is 1. The largest absolute Gasteiger partial charge is 0.495 e. The van der Waals surface area contributed by atoms with Crippen LogP contribution >= 0.6 is 11.6 Å². The minimum absolute atomic E-state index is 0.179. The molecule has 0 saturated carbocycles. The van der Waals surface area contributed by atoms with Crippen molar-refractivity contribution in [1.29, 1.82) is 0 Å². The first kappa shape index (κ1) is 16.9. The number of fused-ring (bicyclic) bond motifs is 1. The highest BCUT2D eigenvalue weighted by Crippen LogP contribution is 2.30. The summed E-state index contributed by atoms with van der Waals surface area (Å²) in [4.78, 5) is 32.8. The summed E-state index contributed by atoms with van der Waals surface area (Å²) in [5, 5.41) is 3.63. The smallest absolute Gasteiger partial charge is 0.263 e. The molecule has 128 valence electrons. The van der Waals surface area contributed by atoms with Crippen molar-refractivity contribution in [2.75, 3.05) is 12.4 Å². The van der Waals surface area contributed by atoms with Crippen LogP contribution in [-0.4, -0.2) is 27.6 Å². The zero-order valence-corrected chi connectivity index (χ0v) is 14.4. The first-order valence-electron chi connectivity index (χ1n) is 7.43. The summed E-state index contributed by atoms with van der Waals surface area (Å²) in [7, 11) is 1.49. The number of carbonyl (C=O) groups excluding carboxylic acids is 1. The number of halogens is 1. The molecule has 0 radical (unpaired) electrons. The molecule has 7 nitrogen and oxygen atoms in total. The molecule has 3 aromatic rings. The van der Waals surface area contributed by atoms with Crippen molar-refractivity contribution in [3.63, 3.8) is 0 Å². The van der Waals surface area contributed by atoms with Crippen LogP contribution in [0.3, 0.4) is 0 Å². The van der Waals surface area contributed by atoms with Crippen LogP contribution < -0.4 is 15.6 Å². The molecule has 0 aliphatic heterocycles. The number of amides is 1. The molecule has 2 heterocycles. The Labute approximate surface area is 148 Å². The highest BCUT2D eigenvalue weighted by Gasteiger charge is 2.12. The predicted molar refractivity (Wildman–Crippen MR) is 95.2 cm³/mol. The topological polar surface area (TPSA) is 86.1 Å². The van der Waals surface area contributed by atoms with Gasteiger partial charge in [0.05, 0.1) is 18.2 Å². The van der Waals surface area contributed by atoms with Crippen molar-refractivity contribution in [2.45, 2.75) is 13.5 Å². The fraction of sp³-hybridized carbons (Fsp3) is 0.176. The number of hydrogen-bond donors (Lipinski definition) is 1. The van der Waals surface area contributed by atoms with Gasteiger partial charge in [0.15, 0.2) is 5.65 Å². The van der Waals surface area contributed by atoms with Crippen LogP contribution in [0.2, 0.25) is 5.02 Å². The number of aryl methyl sites for hydroxylation is 1. The molecular formula is C17H15ClN4O3. The molecule has 3 rings (SSSR count). The highest BCUT2D eigenvalue weighted by atomic mass is 35.5. The Morgan fingerprint density at radius 2 is 2.16 bits per heavy atom. The van der Waals surface area contributed by atoms with Crippen molar-refractivity contribution >= 4 is 34.2 Å². The Morgan fingerprint density at radius 1 is 1.36 bits per heavy atom. The lowest BCUT2D eigenvalue weighted by Crippen LogP contribution is -2.28. The molecule has 0 fully saturated rings. The van der Waals surface area contributed by atoms with Crippen LogP contribution in [-0.2, 0) is 11.3 Å². The predicted octanol–water partition coefficient (Wildman–Crippen LogP) is 2.40. The van der Waals surface area contributed by atoms with Gasteiger partial charge in [-0.1, -0.05) is 11.6 Å². The van der Waals surface area contributed by atoms with Crippen LogP contribution in [0.1, 0.15) is 5.56 Å². The van der Waals surface area contributed by atoms with E-state index in [9.17, 15) is 9.59 Å². The molecule has 1 aromatic carbocycles. The summed E-state index contributed by atoms with van der Waals surface area (Å²) in [6, 6.07) is 6.61. The van der Waals surface area contributed by atoms with E-state index in [1.54, 1.807) is 30.5 Å². The minimum atomic E-state index is -0.382. The first-order chi connectivity index (χ1) is 12.0. The Balaban J connectivity index is 1.85. The highest BCUT2D eigenvalue weighted by molar-refractivity contribution is 6.31. The van der Waals surface area contributed by atoms with E-state index in [1.807, 2.05) is 6.92 Å². The number of rotatable bonds is 4. The van der Waals surface area contributed by atoms with Gasteiger partial charge in [-0.2, -0.15) is 0 Å². The second kappa shape index (κ2) is 6.90. The van der Waals surface area contributed by atoms with E-state index < -0.39 is 0 Å². The zero-order chi connectivity index (χ0) is 18.0. The standard InChI is InChI=1S/C17H15ClN4O3/c1-10-6-13(14(25-2)7-12(10)18)21-15(23)8-22-9-20-16-11(17(22)24)4-3-5-19-16/h3-7,9H,8H2,1-2H3,(H,21,23). The van der Waals surface area contributed by atoms with Crippen molar-refractivity contribution in [1.82, 2.24) is 14.5 Å². The van der Waals surface area contributed by atoms with Crippen molar-refractivity contribution in [2.24, 2.45) is 0 Å². The van der Waals surface area contributed by atoms with Gasteiger partial charge in [-0.25, -0.2) is 9.97 Å². The summed E-state index contributed by atoms with van der Waals surface area (Å²) in [5.74, 6) is 0.0595. The van der Waals surface area contributed by atoms with Gasteiger partial charge >= 0.3 is 0 Å². The van der Waals surface area contributed by atoms with E-state index in [-0.39, 0.29) is 18.0 Å². The number of pyridine rings is 1. The van der Waals surface area contributed by atoms with Gasteiger partial charge in [-0.15, -0.1) is 0 Å². The number of nitrogens with zero attached hydrogens (tertiary/aromatic N) is 3. The molecular weight excluding hydrogens is 344 g/mol. The third kappa shape index (κ3) is 3.46. The fourth-order valence-corrected chi connectivity index (χ4v) is 2.54. The maximum atomic E-state index is 12.4. The lowest BCUT2D eigenvalue weighted by molar-refractivity contribution is -0.116. The van der Waals surface area contributed by atoms with Crippen molar-refractivity contribution in [3.8, 4) is 5.75 Å². The average Bonchev–Trinajstić information content (AvgIpc) is 2.60. The van der Waals surface area contributed by atoms with Gasteiger partial charge in [0.2, 0.25) is 5.91 Å². The van der Waals surface area contributed by atoms with Crippen molar-refractivity contribution < 1.29 is 9.53 Å². The number of carbonyl (C=O) groups is 1. The summed E-state index contributed by atoms with van der Waals surface area (Å²) in [5.41, 5.74) is 1.30. The summed E-state index contributed by atoms with van der Waals surface area (Å²) in [6.45, 7) is 1.64. The van der Waals surface area contributed by atoms with Crippen LogP contribution in [0, 0.1) is 6.92 Å². The number of aromatic nitrogens is 3. The second-order valence-electron chi connectivity index (χ2n) is 5.40. The van der Waals surface area contributed by atoms with E-state index in [0.29, 0.717) is 27.5 Å². The first-order valence-corrected chi connectivity index (χ1v) is 7.81. The molecule has 8 heteroatoms. The number of methoxy groups -OCH3 is 1. The maximum absolute atomic E-state index is 12.4. The second-order valence-corrected chi connectivity index (χ2v) is 5.81. The number of hydrogen-bond acceptors (Lipinski definition) is 5. The molecule has 0 unspecified atom stereocenters. The average molecular weight is 359 g/mol. The van der Waals surface area contributed by atoms with Crippen LogP contribution in [0.5, 0.6) is 5.75 Å². The fourth-order valence-electron chi connectivity index (χ4n) is 2.39. The Kier molecular flexibility index (Phi) is 4.67. The Bertz CT molecular complexity index is 1020. The van der Waals surface area contributed by atoms with Gasteiger partial charge in [-0.05, 0) is 30.7 Å². The molecule has 25 heavy (non-hydrogen) atoms. The van der Waals surface area contributed by atoms with Crippen molar-refractivity contribution in [3.05, 3.63) is 57.7 Å². The molecule has 0 atom stereocenters. The van der Waals surface area contributed by atoms with E-state index >= 15 is 0 Å². The molecule has 0 aliphatic carbocycles. The molecule has 1 amide bonds. The quantitative estimate of drug-likeness (QED) is 0.774. The molecule has 0 saturated heterocycles. The Hall–Kier alpha value is -2.93. The lowest BCUT2D eigenvalue weighted by atomic mass is 10.2. The SMILES string of the molecule is COc1cc(Cl)c(C)cc1NC(=O)Cn1cnc2ncccc2c1=O. The summed E-state index contributed by atoms with van der Waals surface area (Å²) < 4.78 is 6.46. The number of benzene rings is 1. The number of ether oxygens (including phenoxy) is 1.